The predicted octanol–water partition coefficient (Wildman–Crippen LogP) is 3.42. The van der Waals surface area contributed by atoms with E-state index in [4.69, 9.17) is 0 Å². The van der Waals surface area contributed by atoms with Gasteiger partial charge in [-0.3, -0.25) is 0 Å². The molecule has 0 radical (unpaired) electrons. The zero-order valence-corrected chi connectivity index (χ0v) is 15.8. The van der Waals surface area contributed by atoms with Gasteiger partial charge in [0.05, 0.1) is 0 Å². The maximum absolute atomic E-state index is 12.4. The van der Waals surface area contributed by atoms with E-state index in [1.807, 2.05) is 19.1 Å². The van der Waals surface area contributed by atoms with Crippen molar-refractivity contribution in [3.8, 4) is 0 Å². The Kier molecular flexibility index (Phi) is 5.27. The third-order valence-electron chi connectivity index (χ3n) is 4.55. The van der Waals surface area contributed by atoms with E-state index in [2.05, 4.69) is 34.7 Å². The van der Waals surface area contributed by atoms with Gasteiger partial charge < -0.3 is 4.90 Å². The quantitative estimate of drug-likeness (QED) is 0.854. The standard InChI is InChI=1S/C18H24N2O2S2/c1-3-16-8-9-18(23-16)24(21,22)19-12-15-10-11-20(13-15)17-7-5-4-6-14(17)2/h4-9,15,19H,3,10-13H2,1-2H3. The third kappa shape index (κ3) is 3.82. The zero-order valence-electron chi connectivity index (χ0n) is 14.2. The maximum atomic E-state index is 12.4. The van der Waals surface area contributed by atoms with E-state index in [0.717, 1.165) is 30.8 Å². The van der Waals surface area contributed by atoms with Gasteiger partial charge in [0, 0.05) is 30.2 Å². The molecule has 0 saturated carbocycles. The summed E-state index contributed by atoms with van der Waals surface area (Å²) in [5.74, 6) is 0.352. The SMILES string of the molecule is CCc1ccc(S(=O)(=O)NCC2CCN(c3ccccc3C)C2)s1. The highest BCUT2D eigenvalue weighted by Crippen LogP contribution is 2.27. The van der Waals surface area contributed by atoms with Crippen LogP contribution in [0.5, 0.6) is 0 Å². The van der Waals surface area contributed by atoms with Gasteiger partial charge in [0.15, 0.2) is 0 Å². The van der Waals surface area contributed by atoms with E-state index in [0.29, 0.717) is 16.7 Å². The molecule has 1 unspecified atom stereocenters. The molecule has 1 N–H and O–H groups in total. The summed E-state index contributed by atoms with van der Waals surface area (Å²) in [5, 5.41) is 0. The molecule has 0 amide bonds. The number of nitrogens with zero attached hydrogens (tertiary/aromatic N) is 1. The number of benzene rings is 1. The van der Waals surface area contributed by atoms with Crippen LogP contribution < -0.4 is 9.62 Å². The van der Waals surface area contributed by atoms with Crippen LogP contribution >= 0.6 is 11.3 Å². The molecule has 2 heterocycles. The summed E-state index contributed by atoms with van der Waals surface area (Å²) in [7, 11) is -3.38. The Morgan fingerprint density at radius 3 is 2.75 bits per heavy atom. The number of anilines is 1. The number of thiophene rings is 1. The zero-order chi connectivity index (χ0) is 17.2. The molecule has 3 rings (SSSR count). The second kappa shape index (κ2) is 7.25. The number of hydrogen-bond donors (Lipinski definition) is 1. The van der Waals surface area contributed by atoms with Gasteiger partial charge in [0.1, 0.15) is 4.21 Å². The van der Waals surface area contributed by atoms with Crippen LogP contribution in [-0.2, 0) is 16.4 Å². The Bertz CT molecular complexity index is 799. The molecule has 1 aliphatic heterocycles. The minimum absolute atomic E-state index is 0.352. The molecule has 1 atom stereocenters. The molecular formula is C18H24N2O2S2. The van der Waals surface area contributed by atoms with Crippen LogP contribution in [0.2, 0.25) is 0 Å². The van der Waals surface area contributed by atoms with Crippen molar-refractivity contribution in [3.05, 3.63) is 46.8 Å². The van der Waals surface area contributed by atoms with Gasteiger partial charge in [0.25, 0.3) is 0 Å². The summed E-state index contributed by atoms with van der Waals surface area (Å²) in [6.45, 7) is 6.54. The second-order valence-electron chi connectivity index (χ2n) is 6.31. The summed E-state index contributed by atoms with van der Waals surface area (Å²) in [4.78, 5) is 3.45. The summed E-state index contributed by atoms with van der Waals surface area (Å²) < 4.78 is 28.0. The van der Waals surface area contributed by atoms with E-state index in [1.54, 1.807) is 6.07 Å². The Hall–Kier alpha value is -1.37. The molecular weight excluding hydrogens is 340 g/mol. The summed E-state index contributed by atoms with van der Waals surface area (Å²) in [5.41, 5.74) is 2.53. The number of nitrogens with one attached hydrogen (secondary N) is 1. The van der Waals surface area contributed by atoms with Gasteiger partial charge in [-0.1, -0.05) is 25.1 Å². The molecule has 0 spiro atoms. The number of para-hydroxylation sites is 1. The molecule has 4 nitrogen and oxygen atoms in total. The van der Waals surface area contributed by atoms with Crippen molar-refractivity contribution in [1.82, 2.24) is 4.72 Å². The molecule has 6 heteroatoms. The Balaban J connectivity index is 1.59. The number of rotatable bonds is 6. The molecule has 24 heavy (non-hydrogen) atoms. The Labute approximate surface area is 148 Å². The average molecular weight is 365 g/mol. The molecule has 1 fully saturated rings. The predicted molar refractivity (Wildman–Crippen MR) is 100 cm³/mol. The molecule has 1 aromatic carbocycles. The molecule has 1 aromatic heterocycles. The van der Waals surface area contributed by atoms with Gasteiger partial charge >= 0.3 is 0 Å². The molecule has 130 valence electrons. The van der Waals surface area contributed by atoms with Crippen molar-refractivity contribution >= 4 is 27.0 Å². The van der Waals surface area contributed by atoms with Crippen molar-refractivity contribution < 1.29 is 8.42 Å². The van der Waals surface area contributed by atoms with Crippen LogP contribution in [-0.4, -0.2) is 28.1 Å². The van der Waals surface area contributed by atoms with E-state index < -0.39 is 10.0 Å². The van der Waals surface area contributed by atoms with Crippen molar-refractivity contribution in [1.29, 1.82) is 0 Å². The van der Waals surface area contributed by atoms with Gasteiger partial charge in [0.2, 0.25) is 10.0 Å². The second-order valence-corrected chi connectivity index (χ2v) is 9.48. The van der Waals surface area contributed by atoms with Crippen molar-refractivity contribution in [3.63, 3.8) is 0 Å². The summed E-state index contributed by atoms with van der Waals surface area (Å²) >= 11 is 1.36. The molecule has 2 aromatic rings. The molecule has 0 aliphatic carbocycles. The minimum atomic E-state index is -3.38. The first kappa shape index (κ1) is 17.5. The first-order chi connectivity index (χ1) is 11.5. The summed E-state index contributed by atoms with van der Waals surface area (Å²) in [6, 6.07) is 12.0. The fourth-order valence-corrected chi connectivity index (χ4v) is 5.58. The number of hydrogen-bond acceptors (Lipinski definition) is 4. The van der Waals surface area contributed by atoms with Gasteiger partial charge in [-0.05, 0) is 49.4 Å². The van der Waals surface area contributed by atoms with Crippen LogP contribution in [0, 0.1) is 12.8 Å². The largest absolute Gasteiger partial charge is 0.371 e. The van der Waals surface area contributed by atoms with Crippen LogP contribution in [0.25, 0.3) is 0 Å². The van der Waals surface area contributed by atoms with Crippen molar-refractivity contribution in [2.45, 2.75) is 30.9 Å². The van der Waals surface area contributed by atoms with Gasteiger partial charge in [-0.25, -0.2) is 13.1 Å². The number of aryl methyl sites for hydroxylation is 2. The van der Waals surface area contributed by atoms with Crippen LogP contribution in [0.15, 0.2) is 40.6 Å². The molecule has 1 aliphatic rings. The first-order valence-corrected chi connectivity index (χ1v) is 10.7. The Morgan fingerprint density at radius 2 is 2.04 bits per heavy atom. The summed E-state index contributed by atoms with van der Waals surface area (Å²) in [6.07, 6.45) is 1.88. The van der Waals surface area contributed by atoms with E-state index in [1.165, 1.54) is 22.6 Å². The van der Waals surface area contributed by atoms with Crippen molar-refractivity contribution in [2.75, 3.05) is 24.5 Å². The lowest BCUT2D eigenvalue weighted by Crippen LogP contribution is -2.30. The normalized spacial score (nSPS) is 18.2. The van der Waals surface area contributed by atoms with Gasteiger partial charge in [-0.15, -0.1) is 11.3 Å². The van der Waals surface area contributed by atoms with Crippen LogP contribution in [0.3, 0.4) is 0 Å². The topological polar surface area (TPSA) is 49.4 Å². The first-order valence-electron chi connectivity index (χ1n) is 8.38. The van der Waals surface area contributed by atoms with Crippen LogP contribution in [0.1, 0.15) is 23.8 Å². The van der Waals surface area contributed by atoms with Crippen LogP contribution in [0.4, 0.5) is 5.69 Å². The fraction of sp³-hybridized carbons (Fsp3) is 0.444. The highest BCUT2D eigenvalue weighted by molar-refractivity contribution is 7.91. The molecule has 0 bridgehead atoms. The smallest absolute Gasteiger partial charge is 0.250 e. The van der Waals surface area contributed by atoms with E-state index >= 15 is 0 Å². The lowest BCUT2D eigenvalue weighted by atomic mass is 10.1. The van der Waals surface area contributed by atoms with E-state index in [-0.39, 0.29) is 0 Å². The fourth-order valence-electron chi connectivity index (χ4n) is 3.13. The lowest BCUT2D eigenvalue weighted by Gasteiger charge is -2.21. The highest BCUT2D eigenvalue weighted by atomic mass is 32.2. The molecule has 1 saturated heterocycles. The monoisotopic (exact) mass is 364 g/mol. The van der Waals surface area contributed by atoms with Gasteiger partial charge in [-0.2, -0.15) is 0 Å². The Morgan fingerprint density at radius 1 is 1.25 bits per heavy atom. The number of sulfonamides is 1. The highest BCUT2D eigenvalue weighted by Gasteiger charge is 2.25. The lowest BCUT2D eigenvalue weighted by molar-refractivity contribution is 0.543. The van der Waals surface area contributed by atoms with Crippen molar-refractivity contribution in [2.24, 2.45) is 5.92 Å². The maximum Gasteiger partial charge on any atom is 0.250 e. The average Bonchev–Trinajstić information content (AvgIpc) is 3.23. The minimum Gasteiger partial charge on any atom is -0.371 e. The van der Waals surface area contributed by atoms with E-state index in [9.17, 15) is 8.42 Å². The third-order valence-corrected chi connectivity index (χ3v) is 7.70.